The number of hydrogen-bond donors (Lipinski definition) is 2. The van der Waals surface area contributed by atoms with Crippen molar-refractivity contribution in [2.24, 2.45) is 5.92 Å². The summed E-state index contributed by atoms with van der Waals surface area (Å²) < 4.78 is 0. The van der Waals surface area contributed by atoms with Gasteiger partial charge < -0.3 is 15.5 Å². The van der Waals surface area contributed by atoms with E-state index >= 15 is 0 Å². The number of para-hydroxylation sites is 1. The van der Waals surface area contributed by atoms with Crippen molar-refractivity contribution < 1.29 is 9.59 Å². The van der Waals surface area contributed by atoms with Crippen LogP contribution in [0.5, 0.6) is 0 Å². The highest BCUT2D eigenvalue weighted by Gasteiger charge is 2.33. The van der Waals surface area contributed by atoms with Gasteiger partial charge in [0.1, 0.15) is 0 Å². The highest BCUT2D eigenvalue weighted by molar-refractivity contribution is 6.05. The van der Waals surface area contributed by atoms with Crippen LogP contribution in [0.3, 0.4) is 0 Å². The normalized spacial score (nSPS) is 17.3. The molecular weight excluding hydrogens is 290 g/mol. The van der Waals surface area contributed by atoms with E-state index in [0.717, 1.165) is 32.4 Å². The zero-order valence-corrected chi connectivity index (χ0v) is 13.5. The van der Waals surface area contributed by atoms with Crippen molar-refractivity contribution in [2.45, 2.75) is 19.3 Å². The second-order valence-electron chi connectivity index (χ2n) is 6.19. The van der Waals surface area contributed by atoms with E-state index in [1.807, 2.05) is 18.2 Å². The molecule has 5 nitrogen and oxygen atoms in total. The van der Waals surface area contributed by atoms with Crippen LogP contribution < -0.4 is 15.5 Å². The van der Waals surface area contributed by atoms with Crippen LogP contribution in [-0.2, 0) is 4.79 Å². The third-order valence-electron chi connectivity index (χ3n) is 4.40. The Bertz CT molecular complexity index is 635. The summed E-state index contributed by atoms with van der Waals surface area (Å²) in [5, 5.41) is 6.23. The largest absolute Gasteiger partial charge is 0.348 e. The van der Waals surface area contributed by atoms with Crippen molar-refractivity contribution in [2.75, 3.05) is 31.6 Å². The average molecular weight is 313 g/mol. The molecule has 23 heavy (non-hydrogen) atoms. The molecule has 2 N–H and O–H groups in total. The molecular formula is C18H23N3O2. The van der Waals surface area contributed by atoms with Crippen LogP contribution in [0.15, 0.2) is 35.9 Å². The van der Waals surface area contributed by atoms with E-state index in [2.05, 4.69) is 16.7 Å². The molecule has 1 saturated carbocycles. The van der Waals surface area contributed by atoms with E-state index in [0.29, 0.717) is 17.8 Å². The summed E-state index contributed by atoms with van der Waals surface area (Å²) in [7, 11) is 1.75. The smallest absolute Gasteiger partial charge is 0.253 e. The van der Waals surface area contributed by atoms with Gasteiger partial charge >= 0.3 is 0 Å². The van der Waals surface area contributed by atoms with Crippen LogP contribution in [-0.4, -0.2) is 38.5 Å². The van der Waals surface area contributed by atoms with Gasteiger partial charge in [0.15, 0.2) is 0 Å². The van der Waals surface area contributed by atoms with Gasteiger partial charge in [-0.15, -0.1) is 0 Å². The molecule has 1 aliphatic heterocycles. The van der Waals surface area contributed by atoms with Gasteiger partial charge in [-0.05, 0) is 37.9 Å². The van der Waals surface area contributed by atoms with E-state index in [4.69, 9.17) is 0 Å². The summed E-state index contributed by atoms with van der Waals surface area (Å²) >= 11 is 0. The molecule has 3 rings (SSSR count). The molecule has 1 aliphatic carbocycles. The summed E-state index contributed by atoms with van der Waals surface area (Å²) in [6.45, 7) is 2.38. The summed E-state index contributed by atoms with van der Waals surface area (Å²) in [6, 6.07) is 7.30. The molecule has 1 heterocycles. The quantitative estimate of drug-likeness (QED) is 0.814. The van der Waals surface area contributed by atoms with E-state index in [1.165, 1.54) is 5.57 Å². The van der Waals surface area contributed by atoms with Crippen LogP contribution in [0.4, 0.5) is 5.69 Å². The first-order valence-corrected chi connectivity index (χ1v) is 8.20. The lowest BCUT2D eigenvalue weighted by Crippen LogP contribution is -2.33. The number of rotatable bonds is 5. The first-order valence-electron chi connectivity index (χ1n) is 8.20. The second kappa shape index (κ2) is 6.96. The number of anilines is 1. The van der Waals surface area contributed by atoms with Crippen LogP contribution in [0.25, 0.3) is 0 Å². The van der Waals surface area contributed by atoms with Crippen molar-refractivity contribution in [3.63, 3.8) is 0 Å². The zero-order valence-electron chi connectivity index (χ0n) is 13.5. The summed E-state index contributed by atoms with van der Waals surface area (Å²) in [5.41, 5.74) is 2.48. The lowest BCUT2D eigenvalue weighted by Gasteiger charge is -2.21. The molecule has 0 bridgehead atoms. The van der Waals surface area contributed by atoms with Gasteiger partial charge in [0.05, 0.1) is 11.3 Å². The number of nitrogens with zero attached hydrogens (tertiary/aromatic N) is 1. The number of nitrogens with one attached hydrogen (secondary N) is 2. The third kappa shape index (κ3) is 3.79. The van der Waals surface area contributed by atoms with E-state index in [-0.39, 0.29) is 17.7 Å². The van der Waals surface area contributed by atoms with Gasteiger partial charge in [-0.25, -0.2) is 0 Å². The molecule has 0 radical (unpaired) electrons. The van der Waals surface area contributed by atoms with Crippen LogP contribution >= 0.6 is 0 Å². The number of hydrogen-bond acceptors (Lipinski definition) is 3. The molecule has 0 spiro atoms. The fraction of sp³-hybridized carbons (Fsp3) is 0.444. The van der Waals surface area contributed by atoms with Gasteiger partial charge in [-0.2, -0.15) is 0 Å². The van der Waals surface area contributed by atoms with Crippen LogP contribution in [0.2, 0.25) is 0 Å². The maximum absolute atomic E-state index is 12.5. The fourth-order valence-electron chi connectivity index (χ4n) is 2.80. The number of amides is 2. The lowest BCUT2D eigenvalue weighted by molar-refractivity contribution is -0.119. The fourth-order valence-corrected chi connectivity index (χ4v) is 2.80. The van der Waals surface area contributed by atoms with Gasteiger partial charge in [-0.1, -0.05) is 23.8 Å². The predicted molar refractivity (Wildman–Crippen MR) is 90.5 cm³/mol. The molecule has 2 amide bonds. The molecule has 1 aromatic carbocycles. The van der Waals surface area contributed by atoms with Crippen molar-refractivity contribution in [3.05, 3.63) is 41.5 Å². The summed E-state index contributed by atoms with van der Waals surface area (Å²) in [4.78, 5) is 26.4. The first kappa shape index (κ1) is 15.7. The highest BCUT2D eigenvalue weighted by Crippen LogP contribution is 2.33. The molecule has 0 saturated heterocycles. The monoisotopic (exact) mass is 313 g/mol. The predicted octanol–water partition coefficient (Wildman–Crippen LogP) is 1.71. The lowest BCUT2D eigenvalue weighted by atomic mass is 10.1. The maximum Gasteiger partial charge on any atom is 0.253 e. The molecule has 5 heteroatoms. The van der Waals surface area contributed by atoms with Crippen molar-refractivity contribution in [1.29, 1.82) is 0 Å². The third-order valence-corrected chi connectivity index (χ3v) is 4.40. The molecule has 0 aromatic heterocycles. The minimum atomic E-state index is -0.129. The SMILES string of the molecule is CN(C(=O)C1CC1)c1ccccc1C(=O)NCC1=CCNCC1. The minimum absolute atomic E-state index is 0.103. The Hall–Kier alpha value is -2.14. The number of carbonyl (C=O) groups is 2. The number of carbonyl (C=O) groups excluding carboxylic acids is 2. The Balaban J connectivity index is 1.69. The highest BCUT2D eigenvalue weighted by atomic mass is 16.2. The average Bonchev–Trinajstić information content (AvgIpc) is 3.44. The van der Waals surface area contributed by atoms with Gasteiger partial charge in [0.2, 0.25) is 5.91 Å². The Morgan fingerprint density at radius 3 is 2.78 bits per heavy atom. The minimum Gasteiger partial charge on any atom is -0.348 e. The second-order valence-corrected chi connectivity index (χ2v) is 6.19. The van der Waals surface area contributed by atoms with Gasteiger partial charge in [0.25, 0.3) is 5.91 Å². The van der Waals surface area contributed by atoms with Crippen molar-refractivity contribution in [1.82, 2.24) is 10.6 Å². The standard InChI is InChI=1S/C18H23N3O2/c1-21(18(23)14-6-7-14)16-5-3-2-4-15(16)17(22)20-12-13-8-10-19-11-9-13/h2-5,8,14,19H,6-7,9-12H2,1H3,(H,20,22). The van der Waals surface area contributed by atoms with E-state index < -0.39 is 0 Å². The Labute approximate surface area is 136 Å². The molecule has 1 aromatic rings. The molecule has 0 atom stereocenters. The molecule has 1 fully saturated rings. The molecule has 122 valence electrons. The van der Waals surface area contributed by atoms with Crippen LogP contribution in [0, 0.1) is 5.92 Å². The topological polar surface area (TPSA) is 61.4 Å². The zero-order chi connectivity index (χ0) is 16.2. The molecule has 0 unspecified atom stereocenters. The number of benzene rings is 1. The Morgan fingerprint density at radius 2 is 2.09 bits per heavy atom. The van der Waals surface area contributed by atoms with Gasteiger partial charge in [-0.3, -0.25) is 9.59 Å². The Morgan fingerprint density at radius 1 is 1.30 bits per heavy atom. The summed E-state index contributed by atoms with van der Waals surface area (Å²) in [5.74, 6) is 0.109. The molecule has 2 aliphatic rings. The maximum atomic E-state index is 12.5. The van der Waals surface area contributed by atoms with Crippen molar-refractivity contribution in [3.8, 4) is 0 Å². The van der Waals surface area contributed by atoms with Gasteiger partial charge in [0, 0.05) is 26.1 Å². The summed E-state index contributed by atoms with van der Waals surface area (Å²) in [6.07, 6.45) is 5.00. The van der Waals surface area contributed by atoms with E-state index in [9.17, 15) is 9.59 Å². The van der Waals surface area contributed by atoms with E-state index in [1.54, 1.807) is 18.0 Å². The van der Waals surface area contributed by atoms with Crippen LogP contribution in [0.1, 0.15) is 29.6 Å². The Kier molecular flexibility index (Phi) is 4.76. The first-order chi connectivity index (χ1) is 11.2. The van der Waals surface area contributed by atoms with Crippen molar-refractivity contribution >= 4 is 17.5 Å².